The van der Waals surface area contributed by atoms with Crippen LogP contribution in [0, 0.1) is 30.9 Å². The summed E-state index contributed by atoms with van der Waals surface area (Å²) >= 11 is 0. The summed E-state index contributed by atoms with van der Waals surface area (Å²) in [6.45, 7) is 5.36. The molecule has 31 heavy (non-hydrogen) atoms. The maximum atomic E-state index is 13.1. The summed E-state index contributed by atoms with van der Waals surface area (Å²) in [6, 6.07) is 18.3. The minimum atomic E-state index is -1.23. The molecule has 7 heteroatoms. The average Bonchev–Trinajstić information content (AvgIpc) is 2.75. The molecule has 0 heterocycles. The van der Waals surface area contributed by atoms with Crippen molar-refractivity contribution in [1.82, 2.24) is 0 Å². The number of carbonyl (C=O) groups excluding carboxylic acids is 2. The Balaban J connectivity index is 1.90. The van der Waals surface area contributed by atoms with Crippen LogP contribution in [0.3, 0.4) is 0 Å². The van der Waals surface area contributed by atoms with Crippen molar-refractivity contribution in [3.63, 3.8) is 0 Å². The number of benzene rings is 3. The van der Waals surface area contributed by atoms with E-state index in [0.29, 0.717) is 16.8 Å². The highest BCUT2D eigenvalue weighted by atomic mass is 16.6. The third-order valence-electron chi connectivity index (χ3n) is 4.86. The zero-order chi connectivity index (χ0) is 22.5. The first kappa shape index (κ1) is 21.7. The molecule has 7 nitrogen and oxygen atoms in total. The fourth-order valence-electron chi connectivity index (χ4n) is 3.08. The van der Waals surface area contributed by atoms with E-state index in [-0.39, 0.29) is 11.3 Å². The van der Waals surface area contributed by atoms with Gasteiger partial charge < -0.3 is 10.1 Å². The minimum Gasteiger partial charge on any atom is -0.444 e. The zero-order valence-electron chi connectivity index (χ0n) is 17.4. The fourth-order valence-corrected chi connectivity index (χ4v) is 3.08. The number of amides is 1. The fraction of sp³-hybridized carbons (Fsp3) is 0.167. The first-order valence-electron chi connectivity index (χ1n) is 9.65. The second kappa shape index (κ2) is 9.21. The van der Waals surface area contributed by atoms with Crippen molar-refractivity contribution >= 4 is 23.3 Å². The lowest BCUT2D eigenvalue weighted by Gasteiger charge is -2.19. The molecule has 1 amide bonds. The molecule has 0 unspecified atom stereocenters. The molecule has 0 bridgehead atoms. The van der Waals surface area contributed by atoms with E-state index in [0.717, 1.165) is 17.2 Å². The maximum absolute atomic E-state index is 13.1. The molecule has 1 N–H and O–H groups in total. The molecule has 0 fully saturated rings. The molecule has 0 spiro atoms. The van der Waals surface area contributed by atoms with Crippen molar-refractivity contribution in [3.8, 4) is 0 Å². The van der Waals surface area contributed by atoms with Crippen LogP contribution in [0.15, 0.2) is 66.7 Å². The molecule has 0 saturated heterocycles. The Kier molecular flexibility index (Phi) is 6.45. The SMILES string of the molecule is Cc1ccc(C)c(NC(=O)[C@@H](OC(=O)c2ccc(C)c([N+](=O)[O-])c2)c2ccccc2)c1. The summed E-state index contributed by atoms with van der Waals surface area (Å²) in [5.74, 6) is -1.34. The number of ether oxygens (including phenoxy) is 1. The van der Waals surface area contributed by atoms with E-state index >= 15 is 0 Å². The van der Waals surface area contributed by atoms with Crippen molar-refractivity contribution < 1.29 is 19.2 Å². The normalized spacial score (nSPS) is 11.5. The number of aryl methyl sites for hydroxylation is 3. The standard InChI is InChI=1S/C24H22N2O5/c1-15-9-10-16(2)20(13-15)25-23(27)22(18-7-5-4-6-8-18)31-24(28)19-12-11-17(3)21(14-19)26(29)30/h4-14,22H,1-3H3,(H,25,27)/t22-/m0/s1. The smallest absolute Gasteiger partial charge is 0.339 e. The van der Waals surface area contributed by atoms with Crippen LogP contribution in [0.25, 0.3) is 0 Å². The molecule has 0 saturated carbocycles. The maximum Gasteiger partial charge on any atom is 0.339 e. The molecule has 0 aromatic heterocycles. The third-order valence-corrected chi connectivity index (χ3v) is 4.86. The quantitative estimate of drug-likeness (QED) is 0.343. The second-order valence-corrected chi connectivity index (χ2v) is 7.26. The predicted octanol–water partition coefficient (Wildman–Crippen LogP) is 5.06. The Bertz CT molecular complexity index is 1140. The number of rotatable bonds is 6. The van der Waals surface area contributed by atoms with Gasteiger partial charge in [0.2, 0.25) is 6.10 Å². The van der Waals surface area contributed by atoms with Crippen molar-refractivity contribution in [2.24, 2.45) is 0 Å². The van der Waals surface area contributed by atoms with E-state index in [1.807, 2.05) is 32.0 Å². The highest BCUT2D eigenvalue weighted by Gasteiger charge is 2.27. The van der Waals surface area contributed by atoms with Crippen molar-refractivity contribution in [1.29, 1.82) is 0 Å². The van der Waals surface area contributed by atoms with E-state index in [1.54, 1.807) is 37.3 Å². The van der Waals surface area contributed by atoms with Crippen LogP contribution >= 0.6 is 0 Å². The van der Waals surface area contributed by atoms with Gasteiger partial charge in [-0.25, -0.2) is 4.79 Å². The van der Waals surface area contributed by atoms with Gasteiger partial charge in [0.05, 0.1) is 10.5 Å². The Hall–Kier alpha value is -4.00. The van der Waals surface area contributed by atoms with Gasteiger partial charge in [0.25, 0.3) is 11.6 Å². The summed E-state index contributed by atoms with van der Waals surface area (Å²) in [6.07, 6.45) is -1.23. The second-order valence-electron chi connectivity index (χ2n) is 7.26. The van der Waals surface area contributed by atoms with E-state index in [1.165, 1.54) is 12.1 Å². The monoisotopic (exact) mass is 418 g/mol. The van der Waals surface area contributed by atoms with Crippen molar-refractivity contribution in [2.75, 3.05) is 5.32 Å². The Morgan fingerprint density at radius 3 is 2.29 bits per heavy atom. The molecule has 3 aromatic carbocycles. The lowest BCUT2D eigenvalue weighted by Crippen LogP contribution is -2.26. The van der Waals surface area contributed by atoms with Gasteiger partial charge in [-0.15, -0.1) is 0 Å². The van der Waals surface area contributed by atoms with Gasteiger partial charge in [-0.3, -0.25) is 14.9 Å². The molecular formula is C24H22N2O5. The van der Waals surface area contributed by atoms with E-state index in [4.69, 9.17) is 4.74 Å². The van der Waals surface area contributed by atoms with Crippen LogP contribution in [-0.4, -0.2) is 16.8 Å². The van der Waals surface area contributed by atoms with Gasteiger partial charge in [0.15, 0.2) is 0 Å². The molecule has 158 valence electrons. The Morgan fingerprint density at radius 1 is 0.935 bits per heavy atom. The number of nitrogens with one attached hydrogen (secondary N) is 1. The van der Waals surface area contributed by atoms with Gasteiger partial charge in [0, 0.05) is 22.9 Å². The molecule has 3 rings (SSSR count). The van der Waals surface area contributed by atoms with E-state index < -0.39 is 22.9 Å². The average molecular weight is 418 g/mol. The van der Waals surface area contributed by atoms with Crippen LogP contribution in [-0.2, 0) is 9.53 Å². The highest BCUT2D eigenvalue weighted by molar-refractivity contribution is 5.98. The summed E-state index contributed by atoms with van der Waals surface area (Å²) in [5, 5.41) is 14.0. The highest BCUT2D eigenvalue weighted by Crippen LogP contribution is 2.25. The lowest BCUT2D eigenvalue weighted by atomic mass is 10.1. The number of hydrogen-bond acceptors (Lipinski definition) is 5. The van der Waals surface area contributed by atoms with Gasteiger partial charge in [-0.2, -0.15) is 0 Å². The number of esters is 1. The molecular weight excluding hydrogens is 396 g/mol. The lowest BCUT2D eigenvalue weighted by molar-refractivity contribution is -0.385. The van der Waals surface area contributed by atoms with Crippen LogP contribution in [0.1, 0.15) is 38.7 Å². The van der Waals surface area contributed by atoms with Crippen LogP contribution in [0.2, 0.25) is 0 Å². The molecule has 1 atom stereocenters. The first-order valence-corrected chi connectivity index (χ1v) is 9.65. The van der Waals surface area contributed by atoms with Gasteiger partial charge in [-0.05, 0) is 44.0 Å². The number of anilines is 1. The van der Waals surface area contributed by atoms with Gasteiger partial charge in [0.1, 0.15) is 0 Å². The number of hydrogen-bond donors (Lipinski definition) is 1. The van der Waals surface area contributed by atoms with Crippen molar-refractivity contribution in [3.05, 3.63) is 105 Å². The van der Waals surface area contributed by atoms with Gasteiger partial charge in [-0.1, -0.05) is 48.5 Å². The minimum absolute atomic E-state index is 0.00207. The van der Waals surface area contributed by atoms with Gasteiger partial charge >= 0.3 is 5.97 Å². The Labute approximate surface area is 179 Å². The van der Waals surface area contributed by atoms with Crippen LogP contribution < -0.4 is 5.32 Å². The molecule has 0 aliphatic heterocycles. The summed E-state index contributed by atoms with van der Waals surface area (Å²) in [7, 11) is 0. The number of nitro benzene ring substituents is 1. The molecule has 0 aliphatic rings. The summed E-state index contributed by atoms with van der Waals surface area (Å²) in [5.41, 5.74) is 3.18. The predicted molar refractivity (Wildman–Crippen MR) is 117 cm³/mol. The van der Waals surface area contributed by atoms with Crippen LogP contribution in [0.4, 0.5) is 11.4 Å². The third kappa shape index (κ3) is 5.14. The number of nitrogens with zero attached hydrogens (tertiary/aromatic N) is 1. The molecule has 0 radical (unpaired) electrons. The topological polar surface area (TPSA) is 98.5 Å². The summed E-state index contributed by atoms with van der Waals surface area (Å²) in [4.78, 5) is 36.5. The largest absolute Gasteiger partial charge is 0.444 e. The van der Waals surface area contributed by atoms with E-state index in [9.17, 15) is 19.7 Å². The first-order chi connectivity index (χ1) is 14.8. The number of nitro groups is 1. The Morgan fingerprint density at radius 2 is 1.61 bits per heavy atom. The van der Waals surface area contributed by atoms with E-state index in [2.05, 4.69) is 5.32 Å². The van der Waals surface area contributed by atoms with Crippen LogP contribution in [0.5, 0.6) is 0 Å². The number of carbonyl (C=O) groups is 2. The molecule has 3 aromatic rings. The van der Waals surface area contributed by atoms with Crippen molar-refractivity contribution in [2.45, 2.75) is 26.9 Å². The summed E-state index contributed by atoms with van der Waals surface area (Å²) < 4.78 is 5.53. The molecule has 0 aliphatic carbocycles. The zero-order valence-corrected chi connectivity index (χ0v) is 17.4.